The van der Waals surface area contributed by atoms with Gasteiger partial charge in [0.15, 0.2) is 0 Å². The summed E-state index contributed by atoms with van der Waals surface area (Å²) in [5.74, 6) is 0.135. The van der Waals surface area contributed by atoms with E-state index in [0.29, 0.717) is 38.4 Å². The number of tetrazole rings is 1. The summed E-state index contributed by atoms with van der Waals surface area (Å²) in [4.78, 5) is 28.4. The Balaban J connectivity index is 1.81. The Bertz CT molecular complexity index is 806. The van der Waals surface area contributed by atoms with Gasteiger partial charge in [0, 0.05) is 39.5 Å². The minimum Gasteiger partial charge on any atom is -0.341 e. The van der Waals surface area contributed by atoms with Crippen LogP contribution in [0.1, 0.15) is 30.8 Å². The Hall–Kier alpha value is -2.84. The maximum absolute atomic E-state index is 13.3. The lowest BCUT2D eigenvalue weighted by Crippen LogP contribution is -2.41. The molecule has 1 saturated heterocycles. The number of aromatic nitrogens is 4. The van der Waals surface area contributed by atoms with Crippen LogP contribution in [0.5, 0.6) is 0 Å². The SMILES string of the molecule is CC(=O)N1CCCN(C(=O)[C@H](Cc2ccc(F)cc2)n2nnnc2C)CC1. The molecule has 0 unspecified atom stereocenters. The number of hydrogen-bond acceptors (Lipinski definition) is 5. The molecule has 0 radical (unpaired) electrons. The fourth-order valence-corrected chi connectivity index (χ4v) is 3.31. The molecule has 1 aliphatic rings. The molecule has 0 N–H and O–H groups in total. The monoisotopic (exact) mass is 374 g/mol. The number of hydrogen-bond donors (Lipinski definition) is 0. The number of halogens is 1. The largest absolute Gasteiger partial charge is 0.341 e. The van der Waals surface area contributed by atoms with Crippen molar-refractivity contribution in [2.24, 2.45) is 0 Å². The van der Waals surface area contributed by atoms with Crippen molar-refractivity contribution in [3.8, 4) is 0 Å². The Labute approximate surface area is 156 Å². The summed E-state index contributed by atoms with van der Waals surface area (Å²) in [6.07, 6.45) is 1.08. The fourth-order valence-electron chi connectivity index (χ4n) is 3.31. The molecule has 27 heavy (non-hydrogen) atoms. The first-order valence-electron chi connectivity index (χ1n) is 8.99. The van der Waals surface area contributed by atoms with Gasteiger partial charge in [-0.3, -0.25) is 9.59 Å². The third kappa shape index (κ3) is 4.47. The van der Waals surface area contributed by atoms with E-state index in [4.69, 9.17) is 0 Å². The zero-order chi connectivity index (χ0) is 19.4. The van der Waals surface area contributed by atoms with Gasteiger partial charge in [0.2, 0.25) is 11.8 Å². The second-order valence-corrected chi connectivity index (χ2v) is 6.70. The van der Waals surface area contributed by atoms with Crippen LogP contribution in [0.2, 0.25) is 0 Å². The van der Waals surface area contributed by atoms with Gasteiger partial charge in [0.05, 0.1) is 0 Å². The molecule has 0 aliphatic carbocycles. The first-order valence-corrected chi connectivity index (χ1v) is 8.99. The Morgan fingerprint density at radius 2 is 1.78 bits per heavy atom. The lowest BCUT2D eigenvalue weighted by atomic mass is 10.0. The average Bonchev–Trinajstić information content (AvgIpc) is 2.92. The quantitative estimate of drug-likeness (QED) is 0.797. The molecule has 1 aromatic heterocycles. The van der Waals surface area contributed by atoms with Crippen LogP contribution < -0.4 is 0 Å². The third-order valence-electron chi connectivity index (χ3n) is 4.83. The highest BCUT2D eigenvalue weighted by Gasteiger charge is 2.30. The van der Waals surface area contributed by atoms with Crippen molar-refractivity contribution in [1.82, 2.24) is 30.0 Å². The highest BCUT2D eigenvalue weighted by Crippen LogP contribution is 2.19. The predicted molar refractivity (Wildman–Crippen MR) is 95.1 cm³/mol. The summed E-state index contributed by atoms with van der Waals surface area (Å²) < 4.78 is 14.7. The topological polar surface area (TPSA) is 84.2 Å². The van der Waals surface area contributed by atoms with E-state index >= 15 is 0 Å². The minimum atomic E-state index is -0.616. The molecule has 1 atom stereocenters. The number of carbonyl (C=O) groups is 2. The molecular formula is C18H23FN6O2. The van der Waals surface area contributed by atoms with Crippen molar-refractivity contribution >= 4 is 11.8 Å². The molecule has 0 saturated carbocycles. The zero-order valence-electron chi connectivity index (χ0n) is 15.5. The van der Waals surface area contributed by atoms with Gasteiger partial charge in [-0.15, -0.1) is 5.10 Å². The van der Waals surface area contributed by atoms with Crippen molar-refractivity contribution in [3.05, 3.63) is 41.5 Å². The van der Waals surface area contributed by atoms with Gasteiger partial charge in [0.25, 0.3) is 0 Å². The van der Waals surface area contributed by atoms with Crippen molar-refractivity contribution < 1.29 is 14.0 Å². The summed E-state index contributed by atoms with van der Waals surface area (Å²) in [5.41, 5.74) is 0.824. The van der Waals surface area contributed by atoms with Crippen LogP contribution in [0.25, 0.3) is 0 Å². The van der Waals surface area contributed by atoms with E-state index in [0.717, 1.165) is 12.0 Å². The molecule has 2 aromatic rings. The highest BCUT2D eigenvalue weighted by molar-refractivity contribution is 5.81. The number of aryl methyl sites for hydroxylation is 1. The van der Waals surface area contributed by atoms with E-state index < -0.39 is 6.04 Å². The number of carbonyl (C=O) groups excluding carboxylic acids is 2. The fraction of sp³-hybridized carbons (Fsp3) is 0.500. The first-order chi connectivity index (χ1) is 13.0. The van der Waals surface area contributed by atoms with Crippen LogP contribution in [0, 0.1) is 12.7 Å². The van der Waals surface area contributed by atoms with Gasteiger partial charge < -0.3 is 9.80 Å². The van der Waals surface area contributed by atoms with Crippen LogP contribution in [-0.4, -0.2) is 68.0 Å². The molecule has 3 rings (SSSR count). The normalized spacial score (nSPS) is 16.1. The van der Waals surface area contributed by atoms with Crippen molar-refractivity contribution in [1.29, 1.82) is 0 Å². The number of rotatable bonds is 4. The van der Waals surface area contributed by atoms with Crippen LogP contribution in [0.15, 0.2) is 24.3 Å². The standard InChI is InChI=1S/C18H23FN6O2/c1-13-20-21-22-25(13)17(12-15-4-6-16(19)7-5-15)18(27)24-9-3-8-23(10-11-24)14(2)26/h4-7,17H,3,8-12H2,1-2H3/t17-/m0/s1. The number of nitrogens with zero attached hydrogens (tertiary/aromatic N) is 6. The molecule has 1 aromatic carbocycles. The molecule has 1 fully saturated rings. The average molecular weight is 374 g/mol. The van der Waals surface area contributed by atoms with Crippen LogP contribution in [0.4, 0.5) is 4.39 Å². The molecule has 2 heterocycles. The summed E-state index contributed by atoms with van der Waals surface area (Å²) >= 11 is 0. The smallest absolute Gasteiger partial charge is 0.247 e. The minimum absolute atomic E-state index is 0.0171. The van der Waals surface area contributed by atoms with Crippen molar-refractivity contribution in [3.63, 3.8) is 0 Å². The van der Waals surface area contributed by atoms with Crippen LogP contribution in [-0.2, 0) is 16.0 Å². The molecule has 2 amide bonds. The maximum atomic E-state index is 13.3. The first kappa shape index (κ1) is 18.9. The van der Waals surface area contributed by atoms with E-state index in [9.17, 15) is 14.0 Å². The molecule has 144 valence electrons. The van der Waals surface area contributed by atoms with Gasteiger partial charge in [-0.2, -0.15) is 0 Å². The predicted octanol–water partition coefficient (Wildman–Crippen LogP) is 0.985. The lowest BCUT2D eigenvalue weighted by molar-refractivity contribution is -0.135. The summed E-state index contributed by atoms with van der Waals surface area (Å²) in [6.45, 7) is 5.48. The molecular weight excluding hydrogens is 351 g/mol. The van der Waals surface area contributed by atoms with Gasteiger partial charge >= 0.3 is 0 Å². The van der Waals surface area contributed by atoms with Crippen molar-refractivity contribution in [2.45, 2.75) is 32.7 Å². The van der Waals surface area contributed by atoms with Gasteiger partial charge in [-0.1, -0.05) is 12.1 Å². The Kier molecular flexibility index (Phi) is 5.78. The second-order valence-electron chi connectivity index (χ2n) is 6.70. The lowest BCUT2D eigenvalue weighted by Gasteiger charge is -2.26. The van der Waals surface area contributed by atoms with Crippen LogP contribution in [0.3, 0.4) is 0 Å². The highest BCUT2D eigenvalue weighted by atomic mass is 19.1. The molecule has 1 aliphatic heterocycles. The third-order valence-corrected chi connectivity index (χ3v) is 4.83. The molecule has 0 bridgehead atoms. The van der Waals surface area contributed by atoms with Crippen molar-refractivity contribution in [2.75, 3.05) is 26.2 Å². The van der Waals surface area contributed by atoms with Gasteiger partial charge in [0.1, 0.15) is 17.7 Å². The van der Waals surface area contributed by atoms with E-state index in [1.54, 1.807) is 35.8 Å². The number of amides is 2. The van der Waals surface area contributed by atoms with E-state index in [2.05, 4.69) is 15.5 Å². The summed E-state index contributed by atoms with van der Waals surface area (Å²) in [7, 11) is 0. The Morgan fingerprint density at radius 3 is 2.41 bits per heavy atom. The molecule has 0 spiro atoms. The summed E-state index contributed by atoms with van der Waals surface area (Å²) in [5, 5.41) is 11.5. The van der Waals surface area contributed by atoms with Crippen LogP contribution >= 0.6 is 0 Å². The van der Waals surface area contributed by atoms with E-state index in [1.165, 1.54) is 16.8 Å². The second kappa shape index (κ2) is 8.24. The van der Waals surface area contributed by atoms with E-state index in [-0.39, 0.29) is 17.6 Å². The zero-order valence-corrected chi connectivity index (χ0v) is 15.5. The van der Waals surface area contributed by atoms with E-state index in [1.807, 2.05) is 0 Å². The maximum Gasteiger partial charge on any atom is 0.247 e. The molecule has 8 nitrogen and oxygen atoms in total. The summed E-state index contributed by atoms with van der Waals surface area (Å²) in [6, 6.07) is 5.46. The van der Waals surface area contributed by atoms with Gasteiger partial charge in [-0.25, -0.2) is 9.07 Å². The number of benzene rings is 1. The Morgan fingerprint density at radius 1 is 1.11 bits per heavy atom. The molecule has 9 heteroatoms. The van der Waals surface area contributed by atoms with Gasteiger partial charge in [-0.05, 0) is 41.5 Å².